The molecule has 0 radical (unpaired) electrons. The Hall–Kier alpha value is -2.82. The van der Waals surface area contributed by atoms with Gasteiger partial charge < -0.3 is 9.47 Å². The summed E-state index contributed by atoms with van der Waals surface area (Å²) in [6, 6.07) is 31.6. The third-order valence-electron chi connectivity index (χ3n) is 10.4. The van der Waals surface area contributed by atoms with Crippen LogP contribution in [-0.2, 0) is 5.41 Å². The summed E-state index contributed by atoms with van der Waals surface area (Å²) >= 11 is 7.78. The Kier molecular flexibility index (Phi) is 11.0. The molecule has 5 aromatic carbocycles. The first-order chi connectivity index (χ1) is 22.9. The van der Waals surface area contributed by atoms with Crippen molar-refractivity contribution >= 4 is 53.4 Å². The third kappa shape index (κ3) is 6.75. The topological polar surface area (TPSA) is 18.5 Å². The minimum absolute atomic E-state index is 0.509. The van der Waals surface area contributed by atoms with E-state index in [2.05, 4.69) is 144 Å². The molecule has 0 spiro atoms. The zero-order valence-electron chi connectivity index (χ0n) is 28.4. The van der Waals surface area contributed by atoms with Gasteiger partial charge >= 0.3 is 0 Å². The molecule has 47 heavy (non-hydrogen) atoms. The Labute approximate surface area is 298 Å². The Balaban J connectivity index is 1.44. The first kappa shape index (κ1) is 34.1. The van der Waals surface area contributed by atoms with Gasteiger partial charge in [0.1, 0.15) is 11.5 Å². The molecule has 2 atom stereocenters. The summed E-state index contributed by atoms with van der Waals surface area (Å²) in [5.74, 6) is 3.06. The minimum Gasteiger partial charge on any atom is -0.493 e. The van der Waals surface area contributed by atoms with Crippen LogP contribution in [-0.4, -0.2) is 13.2 Å². The van der Waals surface area contributed by atoms with Crippen molar-refractivity contribution in [3.05, 3.63) is 116 Å². The Morgan fingerprint density at radius 3 is 1.32 bits per heavy atom. The molecule has 0 fully saturated rings. The van der Waals surface area contributed by atoms with Crippen molar-refractivity contribution in [1.82, 2.24) is 0 Å². The van der Waals surface area contributed by atoms with Crippen molar-refractivity contribution in [2.45, 2.75) is 84.5 Å². The molecule has 6 rings (SSSR count). The molecule has 5 aromatic rings. The van der Waals surface area contributed by atoms with Crippen LogP contribution < -0.4 is 9.47 Å². The standard InChI is InChI=1S/C43H48Br2O2/c1-5-9-11-29(7-3)27-46-37-19-15-33(16-20-37)43(34-17-21-38(22-18-34)47-28-30(8-4)12-10-6-2)39-25-35(44)23-31-13-14-32-24-36(45)26-40(43)42(32)41(31)39/h13-26,29-30H,5-12,27-28H2,1-4H3. The lowest BCUT2D eigenvalue weighted by molar-refractivity contribution is 0.233. The largest absolute Gasteiger partial charge is 0.493 e. The van der Waals surface area contributed by atoms with Crippen molar-refractivity contribution in [2.24, 2.45) is 11.8 Å². The molecule has 1 aliphatic rings. The quantitative estimate of drug-likeness (QED) is 0.0916. The highest BCUT2D eigenvalue weighted by atomic mass is 79.9. The van der Waals surface area contributed by atoms with E-state index in [1.807, 2.05) is 0 Å². The SMILES string of the molecule is CCCCC(CC)COc1ccc(C2(c3ccc(OCC(CC)CCCC)cc3)c3cc(Br)cc4ccc5cc(Br)cc2c5c34)cc1. The highest BCUT2D eigenvalue weighted by molar-refractivity contribution is 9.10. The summed E-state index contributed by atoms with van der Waals surface area (Å²) in [6.45, 7) is 10.6. The van der Waals surface area contributed by atoms with Crippen LogP contribution in [0.25, 0.3) is 21.5 Å². The zero-order chi connectivity index (χ0) is 33.0. The number of rotatable bonds is 16. The number of hydrogen-bond acceptors (Lipinski definition) is 2. The lowest BCUT2D eigenvalue weighted by atomic mass is 9.67. The molecule has 2 nitrogen and oxygen atoms in total. The van der Waals surface area contributed by atoms with Crippen molar-refractivity contribution in [1.29, 1.82) is 0 Å². The molecule has 246 valence electrons. The third-order valence-corrected chi connectivity index (χ3v) is 11.3. The van der Waals surface area contributed by atoms with Crippen molar-refractivity contribution in [3.8, 4) is 11.5 Å². The van der Waals surface area contributed by atoms with Gasteiger partial charge in [0.15, 0.2) is 0 Å². The fourth-order valence-electron chi connectivity index (χ4n) is 7.61. The van der Waals surface area contributed by atoms with Crippen LogP contribution in [0.4, 0.5) is 0 Å². The molecule has 0 saturated carbocycles. The van der Waals surface area contributed by atoms with Crippen molar-refractivity contribution in [2.75, 3.05) is 13.2 Å². The van der Waals surface area contributed by atoms with E-state index in [1.54, 1.807) is 0 Å². The van der Waals surface area contributed by atoms with E-state index in [1.165, 1.54) is 82.3 Å². The second-order valence-corrected chi connectivity index (χ2v) is 15.3. The molecular weight excluding hydrogens is 708 g/mol. The van der Waals surface area contributed by atoms with Crippen LogP contribution in [0.1, 0.15) is 101 Å². The van der Waals surface area contributed by atoms with Gasteiger partial charge in [0.2, 0.25) is 0 Å². The first-order valence-electron chi connectivity index (χ1n) is 17.8. The fourth-order valence-corrected chi connectivity index (χ4v) is 8.56. The first-order valence-corrected chi connectivity index (χ1v) is 19.3. The zero-order valence-corrected chi connectivity index (χ0v) is 31.6. The molecule has 0 heterocycles. The average Bonchev–Trinajstić information content (AvgIpc) is 3.38. The summed E-state index contributed by atoms with van der Waals surface area (Å²) in [6.07, 6.45) is 9.72. The lowest BCUT2D eigenvalue weighted by Gasteiger charge is -2.34. The normalized spacial score (nSPS) is 14.6. The molecule has 0 bridgehead atoms. The summed E-state index contributed by atoms with van der Waals surface area (Å²) < 4.78 is 15.0. The van der Waals surface area contributed by atoms with Gasteiger partial charge in [-0.3, -0.25) is 0 Å². The second kappa shape index (κ2) is 15.2. The fraction of sp³-hybridized carbons (Fsp3) is 0.395. The molecular formula is C43H48Br2O2. The molecule has 2 unspecified atom stereocenters. The Morgan fingerprint density at radius 2 is 0.957 bits per heavy atom. The average molecular weight is 757 g/mol. The number of halogens is 2. The molecule has 0 aliphatic heterocycles. The van der Waals surface area contributed by atoms with E-state index in [9.17, 15) is 0 Å². The van der Waals surface area contributed by atoms with E-state index >= 15 is 0 Å². The van der Waals surface area contributed by atoms with Gasteiger partial charge in [-0.2, -0.15) is 0 Å². The van der Waals surface area contributed by atoms with Crippen LogP contribution in [0.5, 0.6) is 11.5 Å². The Bertz CT molecular complexity index is 1680. The maximum absolute atomic E-state index is 6.39. The molecule has 0 aromatic heterocycles. The molecule has 0 N–H and O–H groups in total. The highest BCUT2D eigenvalue weighted by Gasteiger charge is 2.45. The maximum Gasteiger partial charge on any atom is 0.119 e. The van der Waals surface area contributed by atoms with E-state index in [0.29, 0.717) is 11.8 Å². The molecule has 0 saturated heterocycles. The van der Waals surface area contributed by atoms with Gasteiger partial charge in [-0.15, -0.1) is 0 Å². The van der Waals surface area contributed by atoms with Crippen LogP contribution in [0.3, 0.4) is 0 Å². The maximum atomic E-state index is 6.39. The van der Waals surface area contributed by atoms with Crippen molar-refractivity contribution in [3.63, 3.8) is 0 Å². The van der Waals surface area contributed by atoms with Gasteiger partial charge in [-0.05, 0) is 117 Å². The predicted octanol–water partition coefficient (Wildman–Crippen LogP) is 13.4. The van der Waals surface area contributed by atoms with E-state index in [0.717, 1.165) is 46.5 Å². The van der Waals surface area contributed by atoms with Gasteiger partial charge in [0.05, 0.1) is 18.6 Å². The molecule has 4 heteroatoms. The van der Waals surface area contributed by atoms with E-state index < -0.39 is 5.41 Å². The summed E-state index contributed by atoms with van der Waals surface area (Å²) in [5.41, 5.74) is 4.57. The van der Waals surface area contributed by atoms with Gasteiger partial charge in [0.25, 0.3) is 0 Å². The van der Waals surface area contributed by atoms with Gasteiger partial charge in [0, 0.05) is 8.95 Å². The van der Waals surface area contributed by atoms with Gasteiger partial charge in [-0.1, -0.05) is 134 Å². The summed E-state index contributed by atoms with van der Waals surface area (Å²) in [7, 11) is 0. The van der Waals surface area contributed by atoms with Crippen LogP contribution in [0.2, 0.25) is 0 Å². The lowest BCUT2D eigenvalue weighted by Crippen LogP contribution is -2.29. The predicted molar refractivity (Wildman–Crippen MR) is 206 cm³/mol. The van der Waals surface area contributed by atoms with Crippen LogP contribution >= 0.6 is 31.9 Å². The number of unbranched alkanes of at least 4 members (excludes halogenated alkanes) is 2. The minimum atomic E-state index is -0.509. The number of hydrogen-bond donors (Lipinski definition) is 0. The van der Waals surface area contributed by atoms with Crippen molar-refractivity contribution < 1.29 is 9.47 Å². The Morgan fingerprint density at radius 1 is 0.553 bits per heavy atom. The molecule has 0 amide bonds. The highest BCUT2D eigenvalue weighted by Crippen LogP contribution is 2.57. The summed E-state index contributed by atoms with van der Waals surface area (Å²) in [5, 5.41) is 5.17. The smallest absolute Gasteiger partial charge is 0.119 e. The monoisotopic (exact) mass is 754 g/mol. The van der Waals surface area contributed by atoms with Crippen LogP contribution in [0, 0.1) is 11.8 Å². The van der Waals surface area contributed by atoms with E-state index in [4.69, 9.17) is 9.47 Å². The van der Waals surface area contributed by atoms with Gasteiger partial charge in [-0.25, -0.2) is 0 Å². The second-order valence-electron chi connectivity index (χ2n) is 13.4. The van der Waals surface area contributed by atoms with Crippen LogP contribution in [0.15, 0.2) is 93.9 Å². The van der Waals surface area contributed by atoms with E-state index in [-0.39, 0.29) is 0 Å². The number of benzene rings is 5. The summed E-state index contributed by atoms with van der Waals surface area (Å²) in [4.78, 5) is 0. The molecule has 1 aliphatic carbocycles. The number of ether oxygens (including phenoxy) is 2.